The number of hydrogen-bond acceptors (Lipinski definition) is 3. The van der Waals surface area contributed by atoms with Gasteiger partial charge in [-0.1, -0.05) is 32.1 Å². The molecule has 0 atom stereocenters. The Hall–Kier alpha value is -1.10. The topological polar surface area (TPSA) is 75.4 Å². The van der Waals surface area contributed by atoms with Gasteiger partial charge in [0, 0.05) is 6.54 Å². The van der Waals surface area contributed by atoms with Crippen molar-refractivity contribution in [3.8, 4) is 0 Å². The predicted octanol–water partition coefficient (Wildman–Crippen LogP) is 1.37. The molecule has 1 aliphatic heterocycles. The summed E-state index contributed by atoms with van der Waals surface area (Å²) in [5.74, 6) is -0.0251. The second-order valence-corrected chi connectivity index (χ2v) is 5.38. The molecule has 1 saturated carbocycles. The molecule has 2 aliphatic rings. The van der Waals surface area contributed by atoms with E-state index in [-0.39, 0.29) is 11.9 Å². The lowest BCUT2D eigenvalue weighted by molar-refractivity contribution is -0.132. The number of hydrogen-bond donors (Lipinski definition) is 2. The first-order chi connectivity index (χ1) is 8.69. The maximum absolute atomic E-state index is 12.5. The van der Waals surface area contributed by atoms with Crippen LogP contribution in [-0.2, 0) is 4.79 Å². The van der Waals surface area contributed by atoms with Crippen molar-refractivity contribution in [3.05, 3.63) is 0 Å². The van der Waals surface area contributed by atoms with Crippen LogP contribution in [0.25, 0.3) is 0 Å². The number of urea groups is 1. The summed E-state index contributed by atoms with van der Waals surface area (Å²) in [4.78, 5) is 25.7. The van der Waals surface area contributed by atoms with E-state index in [2.05, 4.69) is 5.32 Å². The lowest BCUT2D eigenvalue weighted by Gasteiger charge is -2.28. The summed E-state index contributed by atoms with van der Waals surface area (Å²) in [6.45, 7) is 0.951. The van der Waals surface area contributed by atoms with Crippen LogP contribution in [0.5, 0.6) is 0 Å². The zero-order valence-electron chi connectivity index (χ0n) is 10.9. The van der Waals surface area contributed by atoms with E-state index >= 15 is 0 Å². The molecule has 1 saturated heterocycles. The number of imide groups is 1. The number of nitrogens with zero attached hydrogens (tertiary/aromatic N) is 1. The van der Waals surface area contributed by atoms with Gasteiger partial charge < -0.3 is 11.1 Å². The highest BCUT2D eigenvalue weighted by atomic mass is 16.2. The molecule has 5 nitrogen and oxygen atoms in total. The molecular weight excluding hydrogens is 230 g/mol. The van der Waals surface area contributed by atoms with Gasteiger partial charge in [0.15, 0.2) is 0 Å². The predicted molar refractivity (Wildman–Crippen MR) is 69.0 cm³/mol. The van der Waals surface area contributed by atoms with Gasteiger partial charge in [-0.2, -0.15) is 0 Å². The first-order valence-corrected chi connectivity index (χ1v) is 7.04. The zero-order valence-corrected chi connectivity index (χ0v) is 10.9. The van der Waals surface area contributed by atoms with Crippen LogP contribution in [0.2, 0.25) is 0 Å². The van der Waals surface area contributed by atoms with Crippen molar-refractivity contribution in [3.63, 3.8) is 0 Å². The Bertz CT molecular complexity index is 322. The van der Waals surface area contributed by atoms with Crippen LogP contribution in [0, 0.1) is 0 Å². The fraction of sp³-hybridized carbons (Fsp3) is 0.846. The quantitative estimate of drug-likeness (QED) is 0.746. The Morgan fingerprint density at radius 3 is 2.33 bits per heavy atom. The molecule has 102 valence electrons. The molecule has 0 bridgehead atoms. The minimum Gasteiger partial charge on any atom is -0.330 e. The first kappa shape index (κ1) is 13.3. The van der Waals surface area contributed by atoms with Crippen molar-refractivity contribution in [2.45, 2.75) is 56.9 Å². The number of nitrogens with one attached hydrogen (secondary N) is 1. The molecular formula is C13H23N3O2. The van der Waals surface area contributed by atoms with Crippen LogP contribution in [0.1, 0.15) is 51.4 Å². The Balaban J connectivity index is 2.08. The summed E-state index contributed by atoms with van der Waals surface area (Å²) >= 11 is 0. The van der Waals surface area contributed by atoms with Gasteiger partial charge in [0.05, 0.1) is 0 Å². The number of carbonyl (C=O) groups is 2. The van der Waals surface area contributed by atoms with Gasteiger partial charge in [-0.15, -0.1) is 0 Å². The fourth-order valence-corrected chi connectivity index (χ4v) is 2.98. The lowest BCUT2D eigenvalue weighted by atomic mass is 9.84. The first-order valence-electron chi connectivity index (χ1n) is 7.04. The van der Waals surface area contributed by atoms with E-state index in [0.29, 0.717) is 19.5 Å². The van der Waals surface area contributed by atoms with E-state index in [1.807, 2.05) is 0 Å². The molecule has 0 aromatic heterocycles. The Labute approximate surface area is 108 Å². The van der Waals surface area contributed by atoms with Crippen LogP contribution >= 0.6 is 0 Å². The third-order valence-electron chi connectivity index (χ3n) is 4.04. The van der Waals surface area contributed by atoms with Crippen molar-refractivity contribution < 1.29 is 9.59 Å². The molecule has 2 rings (SSSR count). The molecule has 1 spiro atoms. The van der Waals surface area contributed by atoms with Crippen molar-refractivity contribution in [2.75, 3.05) is 13.1 Å². The fourth-order valence-electron chi connectivity index (χ4n) is 2.98. The van der Waals surface area contributed by atoms with E-state index in [9.17, 15) is 9.59 Å². The van der Waals surface area contributed by atoms with Crippen molar-refractivity contribution >= 4 is 11.9 Å². The summed E-state index contributed by atoms with van der Waals surface area (Å²) in [5.41, 5.74) is 4.84. The second-order valence-electron chi connectivity index (χ2n) is 5.38. The Morgan fingerprint density at radius 2 is 1.72 bits per heavy atom. The van der Waals surface area contributed by atoms with E-state index in [4.69, 9.17) is 5.73 Å². The summed E-state index contributed by atoms with van der Waals surface area (Å²) in [5, 5.41) is 2.94. The monoisotopic (exact) mass is 253 g/mol. The molecule has 0 aromatic rings. The number of carbonyl (C=O) groups excluding carboxylic acids is 2. The third kappa shape index (κ3) is 2.51. The highest BCUT2D eigenvalue weighted by Gasteiger charge is 2.49. The molecule has 5 heteroatoms. The molecule has 3 amide bonds. The second kappa shape index (κ2) is 5.69. The largest absolute Gasteiger partial charge is 0.330 e. The highest BCUT2D eigenvalue weighted by molar-refractivity contribution is 6.07. The van der Waals surface area contributed by atoms with Crippen LogP contribution < -0.4 is 11.1 Å². The molecule has 1 heterocycles. The smallest absolute Gasteiger partial charge is 0.325 e. The zero-order chi connectivity index (χ0) is 13.0. The minimum atomic E-state index is -0.605. The van der Waals surface area contributed by atoms with Gasteiger partial charge >= 0.3 is 6.03 Å². The number of nitrogens with two attached hydrogens (primary N) is 1. The summed E-state index contributed by atoms with van der Waals surface area (Å²) in [6.07, 6.45) is 7.87. The molecule has 2 fully saturated rings. The summed E-state index contributed by atoms with van der Waals surface area (Å²) in [7, 11) is 0. The van der Waals surface area contributed by atoms with E-state index in [0.717, 1.165) is 38.5 Å². The summed E-state index contributed by atoms with van der Waals surface area (Å²) in [6, 6.07) is -0.228. The highest BCUT2D eigenvalue weighted by Crippen LogP contribution is 2.31. The van der Waals surface area contributed by atoms with Gasteiger partial charge in [-0.3, -0.25) is 9.69 Å². The molecule has 0 unspecified atom stereocenters. The molecule has 3 N–H and O–H groups in total. The number of rotatable bonds is 3. The van der Waals surface area contributed by atoms with Gasteiger partial charge in [0.25, 0.3) is 5.91 Å². The average Bonchev–Trinajstić information content (AvgIpc) is 2.55. The SMILES string of the molecule is NCCCN1C(=O)NC2(CCCCCCC2)C1=O. The van der Waals surface area contributed by atoms with Crippen LogP contribution in [0.3, 0.4) is 0 Å². The number of amides is 3. The van der Waals surface area contributed by atoms with Crippen molar-refractivity contribution in [1.29, 1.82) is 0 Å². The van der Waals surface area contributed by atoms with Crippen molar-refractivity contribution in [1.82, 2.24) is 10.2 Å². The van der Waals surface area contributed by atoms with Crippen LogP contribution in [-0.4, -0.2) is 35.5 Å². The molecule has 0 radical (unpaired) electrons. The van der Waals surface area contributed by atoms with Gasteiger partial charge in [-0.05, 0) is 25.8 Å². The minimum absolute atomic E-state index is 0.0251. The van der Waals surface area contributed by atoms with E-state index in [1.54, 1.807) is 0 Å². The van der Waals surface area contributed by atoms with Gasteiger partial charge in [0.2, 0.25) is 0 Å². The summed E-state index contributed by atoms with van der Waals surface area (Å²) < 4.78 is 0. The molecule has 18 heavy (non-hydrogen) atoms. The third-order valence-corrected chi connectivity index (χ3v) is 4.04. The van der Waals surface area contributed by atoms with E-state index in [1.165, 1.54) is 11.3 Å². The van der Waals surface area contributed by atoms with E-state index < -0.39 is 5.54 Å². The normalized spacial score (nSPS) is 23.9. The molecule has 0 aromatic carbocycles. The lowest BCUT2D eigenvalue weighted by Crippen LogP contribution is -2.47. The molecule has 1 aliphatic carbocycles. The maximum Gasteiger partial charge on any atom is 0.325 e. The standard InChI is InChI=1S/C13H23N3O2/c14-9-6-10-16-11(17)13(15-12(16)18)7-4-2-1-3-5-8-13/h1-10,14H2,(H,15,18). The Morgan fingerprint density at radius 1 is 1.11 bits per heavy atom. The van der Waals surface area contributed by atoms with Crippen molar-refractivity contribution in [2.24, 2.45) is 5.73 Å². The van der Waals surface area contributed by atoms with Crippen LogP contribution in [0.4, 0.5) is 4.79 Å². The van der Waals surface area contributed by atoms with Gasteiger partial charge in [-0.25, -0.2) is 4.79 Å². The van der Waals surface area contributed by atoms with Crippen LogP contribution in [0.15, 0.2) is 0 Å². The van der Waals surface area contributed by atoms with Gasteiger partial charge in [0.1, 0.15) is 5.54 Å². The maximum atomic E-state index is 12.5. The average molecular weight is 253 g/mol. The Kier molecular flexibility index (Phi) is 4.22.